The summed E-state index contributed by atoms with van der Waals surface area (Å²) in [7, 11) is -4.15. The van der Waals surface area contributed by atoms with Gasteiger partial charge in [-0.2, -0.15) is 0 Å². The highest BCUT2D eigenvalue weighted by atomic mass is 79.9. The zero-order valence-corrected chi connectivity index (χ0v) is 25.6. The van der Waals surface area contributed by atoms with Crippen molar-refractivity contribution in [3.05, 3.63) is 93.4 Å². The number of sulfonamides is 1. The topological polar surface area (TPSA) is 86.8 Å². The van der Waals surface area contributed by atoms with Gasteiger partial charge in [-0.05, 0) is 80.8 Å². The van der Waals surface area contributed by atoms with E-state index in [2.05, 4.69) is 21.2 Å². The third kappa shape index (κ3) is 7.84. The Hall–Kier alpha value is -2.88. The number of carbonyl (C=O) groups excluding carboxylic acids is 2. The smallest absolute Gasteiger partial charge is 0.264 e. The summed E-state index contributed by atoms with van der Waals surface area (Å²) in [6.45, 7) is 6.93. The molecule has 0 unspecified atom stereocenters. The first-order valence-corrected chi connectivity index (χ1v) is 15.2. The van der Waals surface area contributed by atoms with Crippen LogP contribution in [0, 0.1) is 6.92 Å². The van der Waals surface area contributed by atoms with Gasteiger partial charge < -0.3 is 10.2 Å². The Kier molecular flexibility index (Phi) is 10.6. The summed E-state index contributed by atoms with van der Waals surface area (Å²) in [5, 5.41) is 3.33. The fourth-order valence-electron chi connectivity index (χ4n) is 3.93. The number of nitrogens with zero attached hydrogens (tertiary/aromatic N) is 2. The van der Waals surface area contributed by atoms with E-state index >= 15 is 0 Å². The van der Waals surface area contributed by atoms with Gasteiger partial charge in [0, 0.05) is 22.1 Å². The summed E-state index contributed by atoms with van der Waals surface area (Å²) in [6.07, 6.45) is 0.736. The van der Waals surface area contributed by atoms with Gasteiger partial charge in [0.25, 0.3) is 10.0 Å². The minimum absolute atomic E-state index is 0.00461. The van der Waals surface area contributed by atoms with E-state index in [4.69, 9.17) is 11.6 Å². The first kappa shape index (κ1) is 30.7. The minimum atomic E-state index is -4.15. The number of anilines is 1. The molecule has 2 atom stereocenters. The second kappa shape index (κ2) is 13.5. The van der Waals surface area contributed by atoms with Crippen molar-refractivity contribution < 1.29 is 18.0 Å². The van der Waals surface area contributed by atoms with Crippen molar-refractivity contribution in [1.29, 1.82) is 0 Å². The first-order valence-electron chi connectivity index (χ1n) is 12.6. The summed E-state index contributed by atoms with van der Waals surface area (Å²) in [5.74, 6) is -0.816. The molecule has 10 heteroatoms. The number of hydrogen-bond donors (Lipinski definition) is 1. The molecule has 0 heterocycles. The second-order valence-corrected chi connectivity index (χ2v) is 12.6. The highest BCUT2D eigenvalue weighted by molar-refractivity contribution is 9.10. The maximum absolute atomic E-state index is 14.0. The maximum Gasteiger partial charge on any atom is 0.264 e. The van der Waals surface area contributed by atoms with E-state index in [0.29, 0.717) is 16.3 Å². The van der Waals surface area contributed by atoms with Crippen molar-refractivity contribution in [2.75, 3.05) is 10.8 Å². The number of rotatable bonds is 11. The summed E-state index contributed by atoms with van der Waals surface area (Å²) >= 11 is 9.41. The van der Waals surface area contributed by atoms with Crippen LogP contribution < -0.4 is 9.62 Å². The normalized spacial score (nSPS) is 12.9. The zero-order valence-electron chi connectivity index (χ0n) is 22.4. The quantitative estimate of drug-likeness (QED) is 0.283. The summed E-state index contributed by atoms with van der Waals surface area (Å²) in [6, 6.07) is 19.3. The molecule has 2 amide bonds. The Labute approximate surface area is 244 Å². The number of para-hydroxylation sites is 1. The van der Waals surface area contributed by atoms with Gasteiger partial charge in [0.1, 0.15) is 12.6 Å². The van der Waals surface area contributed by atoms with E-state index in [1.54, 1.807) is 38.1 Å². The molecule has 208 valence electrons. The highest BCUT2D eigenvalue weighted by Crippen LogP contribution is 2.28. The van der Waals surface area contributed by atoms with Crippen LogP contribution in [0.1, 0.15) is 38.3 Å². The van der Waals surface area contributed by atoms with Gasteiger partial charge in [0.15, 0.2) is 0 Å². The Morgan fingerprint density at radius 2 is 1.59 bits per heavy atom. The third-order valence-corrected chi connectivity index (χ3v) is 9.05. The van der Waals surface area contributed by atoms with Gasteiger partial charge >= 0.3 is 0 Å². The Bertz CT molecular complexity index is 1400. The molecule has 0 saturated carbocycles. The van der Waals surface area contributed by atoms with Crippen LogP contribution in [0.5, 0.6) is 0 Å². The molecule has 7 nitrogen and oxygen atoms in total. The molecule has 0 aliphatic rings. The first-order chi connectivity index (χ1) is 18.4. The molecular formula is C29H33BrClN3O4S. The van der Waals surface area contributed by atoms with Gasteiger partial charge in [-0.1, -0.05) is 64.8 Å². The van der Waals surface area contributed by atoms with Crippen molar-refractivity contribution in [3.63, 3.8) is 0 Å². The summed E-state index contributed by atoms with van der Waals surface area (Å²) in [5.41, 5.74) is 1.86. The van der Waals surface area contributed by atoms with Crippen molar-refractivity contribution in [1.82, 2.24) is 10.2 Å². The standard InChI is InChI=1S/C29H33BrClN3O4S/c1-5-21(3)32-29(36)22(4)33(18-23-10-12-24(30)13-11-23)28(35)19-34(27-9-7-6-8-20(27)2)39(37,38)26-16-14-25(31)15-17-26/h6-17,21-22H,5,18-19H2,1-4H3,(H,32,36)/t21-,22+/m0/s1. The van der Waals surface area contributed by atoms with E-state index in [1.165, 1.54) is 29.2 Å². The molecule has 0 saturated heterocycles. The molecule has 3 rings (SSSR count). The van der Waals surface area contributed by atoms with Crippen molar-refractivity contribution in [2.24, 2.45) is 0 Å². The number of hydrogen-bond acceptors (Lipinski definition) is 4. The van der Waals surface area contributed by atoms with E-state index in [9.17, 15) is 18.0 Å². The molecular weight excluding hydrogens is 602 g/mol. The number of aryl methyl sites for hydroxylation is 1. The molecule has 0 spiro atoms. The molecule has 0 fully saturated rings. The fraction of sp³-hybridized carbons (Fsp3) is 0.310. The summed E-state index contributed by atoms with van der Waals surface area (Å²) in [4.78, 5) is 28.5. The van der Waals surface area contributed by atoms with Crippen LogP contribution in [0.15, 0.2) is 82.2 Å². The van der Waals surface area contributed by atoms with E-state index in [0.717, 1.165) is 20.8 Å². The number of halogens is 2. The largest absolute Gasteiger partial charge is 0.352 e. The van der Waals surface area contributed by atoms with E-state index in [1.807, 2.05) is 38.1 Å². The number of carbonyl (C=O) groups is 2. The third-order valence-electron chi connectivity index (χ3n) is 6.50. The average Bonchev–Trinajstić information content (AvgIpc) is 2.91. The summed E-state index contributed by atoms with van der Waals surface area (Å²) < 4.78 is 29.7. The number of amides is 2. The van der Waals surface area contributed by atoms with Gasteiger partial charge in [-0.25, -0.2) is 8.42 Å². The van der Waals surface area contributed by atoms with Crippen LogP contribution in [0.3, 0.4) is 0 Å². The second-order valence-electron chi connectivity index (χ2n) is 9.39. The molecule has 1 N–H and O–H groups in total. The van der Waals surface area contributed by atoms with Crippen LogP contribution in [-0.4, -0.2) is 43.8 Å². The highest BCUT2D eigenvalue weighted by Gasteiger charge is 2.33. The predicted octanol–water partition coefficient (Wildman–Crippen LogP) is 5.94. The van der Waals surface area contributed by atoms with Crippen LogP contribution in [0.25, 0.3) is 0 Å². The lowest BCUT2D eigenvalue weighted by Gasteiger charge is -2.33. The SMILES string of the molecule is CC[C@H](C)NC(=O)[C@@H](C)N(Cc1ccc(Br)cc1)C(=O)CN(c1ccccc1C)S(=O)(=O)c1ccc(Cl)cc1. The van der Waals surface area contributed by atoms with E-state index < -0.39 is 28.5 Å². The Morgan fingerprint density at radius 1 is 0.974 bits per heavy atom. The van der Waals surface area contributed by atoms with Crippen LogP contribution in [-0.2, 0) is 26.2 Å². The van der Waals surface area contributed by atoms with E-state index in [-0.39, 0.29) is 23.4 Å². The lowest BCUT2D eigenvalue weighted by molar-refractivity contribution is -0.139. The number of nitrogens with one attached hydrogen (secondary N) is 1. The van der Waals surface area contributed by atoms with Gasteiger partial charge in [0.05, 0.1) is 10.6 Å². The van der Waals surface area contributed by atoms with Crippen LogP contribution >= 0.6 is 27.5 Å². The average molecular weight is 635 g/mol. The molecule has 39 heavy (non-hydrogen) atoms. The molecule has 0 aliphatic carbocycles. The van der Waals surface area contributed by atoms with Crippen LogP contribution in [0.4, 0.5) is 5.69 Å². The monoisotopic (exact) mass is 633 g/mol. The van der Waals surface area contributed by atoms with Gasteiger partial charge in [0.2, 0.25) is 11.8 Å². The Morgan fingerprint density at radius 3 is 2.18 bits per heavy atom. The van der Waals surface area contributed by atoms with Crippen molar-refractivity contribution >= 4 is 55.1 Å². The lowest BCUT2D eigenvalue weighted by Crippen LogP contribution is -2.52. The van der Waals surface area contributed by atoms with Crippen molar-refractivity contribution in [2.45, 2.75) is 57.6 Å². The molecule has 0 aliphatic heterocycles. The molecule has 3 aromatic carbocycles. The molecule has 0 bridgehead atoms. The minimum Gasteiger partial charge on any atom is -0.352 e. The number of benzene rings is 3. The van der Waals surface area contributed by atoms with Gasteiger partial charge in [-0.15, -0.1) is 0 Å². The zero-order chi connectivity index (χ0) is 28.7. The molecule has 0 radical (unpaired) electrons. The van der Waals surface area contributed by atoms with Crippen molar-refractivity contribution in [3.8, 4) is 0 Å². The fourth-order valence-corrected chi connectivity index (χ4v) is 5.79. The predicted molar refractivity (Wildman–Crippen MR) is 159 cm³/mol. The van der Waals surface area contributed by atoms with Crippen LogP contribution in [0.2, 0.25) is 5.02 Å². The maximum atomic E-state index is 14.0. The Balaban J connectivity index is 2.03. The lowest BCUT2D eigenvalue weighted by atomic mass is 10.1. The van der Waals surface area contributed by atoms with Gasteiger partial charge in [-0.3, -0.25) is 13.9 Å². The molecule has 0 aromatic heterocycles. The molecule has 3 aromatic rings.